The predicted octanol–water partition coefficient (Wildman–Crippen LogP) is 2.47. The molecule has 1 unspecified atom stereocenters. The highest BCUT2D eigenvalue weighted by Gasteiger charge is 2.08. The first-order valence-electron chi connectivity index (χ1n) is 7.06. The Kier molecular flexibility index (Phi) is 3.83. The van der Waals surface area contributed by atoms with Crippen molar-refractivity contribution in [1.82, 2.24) is 14.5 Å². The monoisotopic (exact) mass is 281 g/mol. The zero-order valence-corrected chi connectivity index (χ0v) is 12.0. The standard InChI is InChI=1S/C16H19N5/c1-21-11-20-15-14(21)8-10-19-16(15)18-9-7-13(17)12-5-3-2-4-6-12/h2-6,8,10-11,13H,7,9,17H2,1H3,(H,18,19). The van der Waals surface area contributed by atoms with Crippen molar-refractivity contribution in [3.63, 3.8) is 0 Å². The molecule has 108 valence electrons. The number of nitrogens with zero attached hydrogens (tertiary/aromatic N) is 3. The summed E-state index contributed by atoms with van der Waals surface area (Å²) in [7, 11) is 1.98. The lowest BCUT2D eigenvalue weighted by Gasteiger charge is -2.13. The molecule has 0 saturated heterocycles. The van der Waals surface area contributed by atoms with Gasteiger partial charge in [0.1, 0.15) is 5.52 Å². The molecule has 0 spiro atoms. The van der Waals surface area contributed by atoms with Gasteiger partial charge in [0.15, 0.2) is 5.82 Å². The maximum atomic E-state index is 6.20. The predicted molar refractivity (Wildman–Crippen MR) is 85.0 cm³/mol. The highest BCUT2D eigenvalue weighted by molar-refractivity contribution is 5.85. The van der Waals surface area contributed by atoms with E-state index >= 15 is 0 Å². The van der Waals surface area contributed by atoms with Gasteiger partial charge in [0.25, 0.3) is 0 Å². The maximum absolute atomic E-state index is 6.20. The largest absolute Gasteiger partial charge is 0.368 e. The van der Waals surface area contributed by atoms with Crippen molar-refractivity contribution in [2.45, 2.75) is 12.5 Å². The molecule has 0 aliphatic carbocycles. The summed E-state index contributed by atoms with van der Waals surface area (Å²) in [6, 6.07) is 12.1. The lowest BCUT2D eigenvalue weighted by atomic mass is 10.1. The fourth-order valence-electron chi connectivity index (χ4n) is 2.40. The van der Waals surface area contributed by atoms with Gasteiger partial charge in [-0.15, -0.1) is 0 Å². The average molecular weight is 281 g/mol. The van der Waals surface area contributed by atoms with Crippen LogP contribution in [0.1, 0.15) is 18.0 Å². The first-order valence-corrected chi connectivity index (χ1v) is 7.06. The molecule has 3 aromatic rings. The van der Waals surface area contributed by atoms with Crippen LogP contribution >= 0.6 is 0 Å². The smallest absolute Gasteiger partial charge is 0.154 e. The molecule has 3 rings (SSSR count). The molecular weight excluding hydrogens is 262 g/mol. The van der Waals surface area contributed by atoms with Gasteiger partial charge in [-0.1, -0.05) is 30.3 Å². The topological polar surface area (TPSA) is 68.8 Å². The van der Waals surface area contributed by atoms with Crippen LogP contribution in [0, 0.1) is 0 Å². The number of fused-ring (bicyclic) bond motifs is 1. The van der Waals surface area contributed by atoms with Gasteiger partial charge in [0.2, 0.25) is 0 Å². The molecule has 21 heavy (non-hydrogen) atoms. The minimum absolute atomic E-state index is 0.0293. The highest BCUT2D eigenvalue weighted by Crippen LogP contribution is 2.19. The van der Waals surface area contributed by atoms with Crippen LogP contribution in [0.4, 0.5) is 5.82 Å². The second kappa shape index (κ2) is 5.93. The van der Waals surface area contributed by atoms with Gasteiger partial charge in [-0.2, -0.15) is 0 Å². The van der Waals surface area contributed by atoms with Crippen molar-refractivity contribution in [1.29, 1.82) is 0 Å². The van der Waals surface area contributed by atoms with Crippen molar-refractivity contribution < 1.29 is 0 Å². The van der Waals surface area contributed by atoms with Crippen molar-refractivity contribution in [2.75, 3.05) is 11.9 Å². The summed E-state index contributed by atoms with van der Waals surface area (Å²) < 4.78 is 1.98. The van der Waals surface area contributed by atoms with E-state index in [0.29, 0.717) is 0 Å². The highest BCUT2D eigenvalue weighted by atomic mass is 15.1. The molecule has 3 N–H and O–H groups in total. The molecule has 0 aliphatic heterocycles. The SMILES string of the molecule is Cn1cnc2c(NCCC(N)c3ccccc3)nccc21. The van der Waals surface area contributed by atoms with E-state index < -0.39 is 0 Å². The van der Waals surface area contributed by atoms with E-state index in [0.717, 1.165) is 35.4 Å². The van der Waals surface area contributed by atoms with E-state index in [1.165, 1.54) is 0 Å². The molecule has 0 saturated carbocycles. The summed E-state index contributed by atoms with van der Waals surface area (Å²) >= 11 is 0. The molecule has 0 radical (unpaired) electrons. The molecule has 0 amide bonds. The minimum atomic E-state index is 0.0293. The van der Waals surface area contributed by atoms with Gasteiger partial charge >= 0.3 is 0 Å². The summed E-state index contributed by atoms with van der Waals surface area (Å²) in [5.41, 5.74) is 9.32. The fourth-order valence-corrected chi connectivity index (χ4v) is 2.40. The van der Waals surface area contributed by atoms with Gasteiger partial charge in [0.05, 0.1) is 11.8 Å². The zero-order chi connectivity index (χ0) is 14.7. The average Bonchev–Trinajstić information content (AvgIpc) is 2.91. The second-order valence-corrected chi connectivity index (χ2v) is 5.12. The number of aromatic nitrogens is 3. The quantitative estimate of drug-likeness (QED) is 0.754. The van der Waals surface area contributed by atoms with Gasteiger partial charge in [-0.3, -0.25) is 0 Å². The number of rotatable bonds is 5. The number of pyridine rings is 1. The Hall–Kier alpha value is -2.40. The van der Waals surface area contributed by atoms with E-state index in [-0.39, 0.29) is 6.04 Å². The van der Waals surface area contributed by atoms with Crippen molar-refractivity contribution in [3.05, 3.63) is 54.5 Å². The molecule has 5 heteroatoms. The first-order chi connectivity index (χ1) is 10.3. The molecule has 0 aliphatic rings. The summed E-state index contributed by atoms with van der Waals surface area (Å²) in [6.07, 6.45) is 4.44. The molecule has 2 heterocycles. The van der Waals surface area contributed by atoms with E-state index in [4.69, 9.17) is 5.73 Å². The van der Waals surface area contributed by atoms with Crippen LogP contribution in [0.15, 0.2) is 48.9 Å². The van der Waals surface area contributed by atoms with Crippen LogP contribution in [0.2, 0.25) is 0 Å². The fraction of sp³-hybridized carbons (Fsp3) is 0.250. The summed E-state index contributed by atoms with van der Waals surface area (Å²) in [6.45, 7) is 0.763. The summed E-state index contributed by atoms with van der Waals surface area (Å²) in [5, 5.41) is 3.33. The minimum Gasteiger partial charge on any atom is -0.368 e. The third kappa shape index (κ3) is 2.87. The zero-order valence-electron chi connectivity index (χ0n) is 12.0. The Morgan fingerprint density at radius 1 is 1.19 bits per heavy atom. The number of hydrogen-bond donors (Lipinski definition) is 2. The van der Waals surface area contributed by atoms with Crippen LogP contribution in [0.25, 0.3) is 11.0 Å². The lowest BCUT2D eigenvalue weighted by molar-refractivity contribution is 0.674. The molecule has 1 aromatic carbocycles. The molecule has 1 atom stereocenters. The van der Waals surface area contributed by atoms with Crippen molar-refractivity contribution >= 4 is 16.9 Å². The number of hydrogen-bond acceptors (Lipinski definition) is 4. The van der Waals surface area contributed by atoms with Gasteiger partial charge in [-0.05, 0) is 18.1 Å². The number of anilines is 1. The Bertz CT molecular complexity index is 720. The van der Waals surface area contributed by atoms with E-state index in [2.05, 4.69) is 27.4 Å². The van der Waals surface area contributed by atoms with E-state index in [9.17, 15) is 0 Å². The van der Waals surface area contributed by atoms with Crippen LogP contribution < -0.4 is 11.1 Å². The van der Waals surface area contributed by atoms with E-state index in [1.54, 1.807) is 12.5 Å². The van der Waals surface area contributed by atoms with Gasteiger partial charge in [-0.25, -0.2) is 9.97 Å². The number of aryl methyl sites for hydroxylation is 1. The molecule has 2 aromatic heterocycles. The normalized spacial score (nSPS) is 12.5. The van der Waals surface area contributed by atoms with E-state index in [1.807, 2.05) is 35.9 Å². The Morgan fingerprint density at radius 2 is 2.00 bits per heavy atom. The third-order valence-electron chi connectivity index (χ3n) is 3.62. The van der Waals surface area contributed by atoms with Gasteiger partial charge in [0, 0.05) is 25.8 Å². The number of nitrogens with two attached hydrogens (primary N) is 1. The Balaban J connectivity index is 1.65. The second-order valence-electron chi connectivity index (χ2n) is 5.12. The molecule has 0 bridgehead atoms. The number of benzene rings is 1. The van der Waals surface area contributed by atoms with Crippen molar-refractivity contribution in [3.8, 4) is 0 Å². The first kappa shape index (κ1) is 13.6. The van der Waals surface area contributed by atoms with Crippen LogP contribution in [-0.4, -0.2) is 21.1 Å². The van der Waals surface area contributed by atoms with Crippen molar-refractivity contribution in [2.24, 2.45) is 12.8 Å². The molecule has 0 fully saturated rings. The Morgan fingerprint density at radius 3 is 2.81 bits per heavy atom. The van der Waals surface area contributed by atoms with Crippen LogP contribution in [0.5, 0.6) is 0 Å². The van der Waals surface area contributed by atoms with Gasteiger partial charge < -0.3 is 15.6 Å². The molecular formula is C16H19N5. The van der Waals surface area contributed by atoms with Crippen LogP contribution in [0.3, 0.4) is 0 Å². The maximum Gasteiger partial charge on any atom is 0.154 e. The lowest BCUT2D eigenvalue weighted by Crippen LogP contribution is -2.15. The Labute approximate surface area is 123 Å². The third-order valence-corrected chi connectivity index (χ3v) is 3.62. The van der Waals surface area contributed by atoms with Crippen LogP contribution in [-0.2, 0) is 7.05 Å². The summed E-state index contributed by atoms with van der Waals surface area (Å²) in [5.74, 6) is 0.813. The number of imidazole rings is 1. The summed E-state index contributed by atoms with van der Waals surface area (Å²) in [4.78, 5) is 8.74. The molecule has 5 nitrogen and oxygen atoms in total. The number of nitrogens with one attached hydrogen (secondary N) is 1.